The first-order valence-electron chi connectivity index (χ1n) is 7.21. The van der Waals surface area contributed by atoms with Crippen LogP contribution in [-0.4, -0.2) is 35.3 Å². The lowest BCUT2D eigenvalue weighted by atomic mass is 10.1. The number of carbonyl (C=O) groups excluding carboxylic acids is 2. The molecule has 1 aromatic carbocycles. The molecule has 6 nitrogen and oxygen atoms in total. The third kappa shape index (κ3) is 6.96. The summed E-state index contributed by atoms with van der Waals surface area (Å²) in [5.74, 6) is 1.61. The molecule has 0 spiro atoms. The first-order valence-corrected chi connectivity index (χ1v) is 7.21. The van der Waals surface area contributed by atoms with Crippen molar-refractivity contribution in [2.45, 2.75) is 38.9 Å². The van der Waals surface area contributed by atoms with Gasteiger partial charge < -0.3 is 10.1 Å². The van der Waals surface area contributed by atoms with Gasteiger partial charge in [0.2, 0.25) is 5.91 Å². The van der Waals surface area contributed by atoms with E-state index in [0.717, 1.165) is 0 Å². The zero-order chi connectivity index (χ0) is 17.5. The van der Waals surface area contributed by atoms with E-state index in [-0.39, 0.29) is 18.9 Å². The van der Waals surface area contributed by atoms with Gasteiger partial charge in [-0.25, -0.2) is 5.48 Å². The maximum Gasteiger partial charge on any atom is 0.251 e. The number of rotatable bonds is 6. The highest BCUT2D eigenvalue weighted by Gasteiger charge is 2.22. The van der Waals surface area contributed by atoms with Crippen LogP contribution in [0.2, 0.25) is 0 Å². The van der Waals surface area contributed by atoms with Crippen molar-refractivity contribution in [1.29, 1.82) is 0 Å². The molecule has 23 heavy (non-hydrogen) atoms. The van der Waals surface area contributed by atoms with E-state index in [9.17, 15) is 9.59 Å². The van der Waals surface area contributed by atoms with Gasteiger partial charge in [-0.3, -0.25) is 14.8 Å². The van der Waals surface area contributed by atoms with Gasteiger partial charge in [0.05, 0.1) is 18.1 Å². The van der Waals surface area contributed by atoms with E-state index >= 15 is 0 Å². The molecule has 0 saturated carbocycles. The Hall–Kier alpha value is -2.36. The molecular formula is C17H22N2O4. The van der Waals surface area contributed by atoms with Gasteiger partial charge in [0.25, 0.3) is 5.91 Å². The fourth-order valence-corrected chi connectivity index (χ4v) is 1.93. The lowest BCUT2D eigenvalue weighted by Gasteiger charge is -2.27. The maximum atomic E-state index is 12.1. The molecule has 3 N–H and O–H groups in total. The minimum atomic E-state index is -0.577. The number of ether oxygens (including phenoxy) is 1. The molecule has 124 valence electrons. The lowest BCUT2D eigenvalue weighted by Crippen LogP contribution is -2.40. The topological polar surface area (TPSA) is 87.7 Å². The van der Waals surface area contributed by atoms with Gasteiger partial charge in [0.15, 0.2) is 0 Å². The van der Waals surface area contributed by atoms with Crippen molar-refractivity contribution in [2.75, 3.05) is 6.54 Å². The number of carbonyl (C=O) groups is 2. The molecule has 0 saturated heterocycles. The highest BCUT2D eigenvalue weighted by molar-refractivity contribution is 5.94. The molecule has 2 amide bonds. The number of terminal acetylenes is 1. The Bertz CT molecular complexity index is 582. The highest BCUT2D eigenvalue weighted by Crippen LogP contribution is 2.13. The van der Waals surface area contributed by atoms with Crippen LogP contribution in [0.25, 0.3) is 0 Å². The normalized spacial score (nSPS) is 12.1. The molecule has 1 atom stereocenters. The monoisotopic (exact) mass is 318 g/mol. The second-order valence-electron chi connectivity index (χ2n) is 6.02. The Kier molecular flexibility index (Phi) is 6.76. The Morgan fingerprint density at radius 1 is 1.30 bits per heavy atom. The molecule has 1 rings (SSSR count). The number of amides is 2. The first kappa shape index (κ1) is 18.7. The van der Waals surface area contributed by atoms with E-state index in [1.807, 2.05) is 20.8 Å². The van der Waals surface area contributed by atoms with Crippen LogP contribution >= 0.6 is 0 Å². The molecule has 1 aromatic rings. The van der Waals surface area contributed by atoms with Gasteiger partial charge >= 0.3 is 0 Å². The summed E-state index contributed by atoms with van der Waals surface area (Å²) in [4.78, 5) is 23.4. The summed E-state index contributed by atoms with van der Waals surface area (Å²) >= 11 is 0. The zero-order valence-corrected chi connectivity index (χ0v) is 13.6. The second-order valence-corrected chi connectivity index (χ2v) is 6.02. The molecule has 1 unspecified atom stereocenters. The molecule has 0 bridgehead atoms. The Labute approximate surface area is 136 Å². The van der Waals surface area contributed by atoms with Gasteiger partial charge in [0.1, 0.15) is 0 Å². The quantitative estimate of drug-likeness (QED) is 0.421. The van der Waals surface area contributed by atoms with Crippen LogP contribution in [0.1, 0.15) is 43.1 Å². The molecule has 6 heteroatoms. The minimum Gasteiger partial charge on any atom is -0.370 e. The van der Waals surface area contributed by atoms with Crippen LogP contribution < -0.4 is 10.8 Å². The van der Waals surface area contributed by atoms with E-state index in [2.05, 4.69) is 11.2 Å². The summed E-state index contributed by atoms with van der Waals surface area (Å²) in [7, 11) is 0. The molecule has 0 aliphatic rings. The van der Waals surface area contributed by atoms with Crippen LogP contribution in [-0.2, 0) is 9.53 Å². The fraction of sp³-hybridized carbons (Fsp3) is 0.412. The summed E-state index contributed by atoms with van der Waals surface area (Å²) in [6, 6.07) is 6.61. The van der Waals surface area contributed by atoms with E-state index in [1.165, 1.54) is 0 Å². The van der Waals surface area contributed by atoms with Crippen molar-refractivity contribution in [2.24, 2.45) is 0 Å². The molecular weight excluding hydrogens is 296 g/mol. The van der Waals surface area contributed by atoms with Gasteiger partial charge in [-0.05, 0) is 45.0 Å². The van der Waals surface area contributed by atoms with Gasteiger partial charge in [-0.1, -0.05) is 5.92 Å². The Morgan fingerprint density at radius 2 is 1.91 bits per heavy atom. The van der Waals surface area contributed by atoms with E-state index in [1.54, 1.807) is 29.7 Å². The third-order valence-electron chi connectivity index (χ3n) is 2.86. The number of benzene rings is 1. The van der Waals surface area contributed by atoms with Crippen molar-refractivity contribution in [1.82, 2.24) is 10.8 Å². The Balaban J connectivity index is 2.66. The van der Waals surface area contributed by atoms with Crippen LogP contribution in [0, 0.1) is 12.3 Å². The summed E-state index contributed by atoms with van der Waals surface area (Å²) < 4.78 is 5.72. The molecule has 0 aliphatic carbocycles. The summed E-state index contributed by atoms with van der Waals surface area (Å²) in [5.41, 5.74) is 2.23. The van der Waals surface area contributed by atoms with Crippen molar-refractivity contribution >= 4 is 11.8 Å². The SMILES string of the molecule is C#Cc1ccc(C(=O)NCC(CC(=O)NO)OC(C)(C)C)cc1. The predicted molar refractivity (Wildman–Crippen MR) is 85.9 cm³/mol. The highest BCUT2D eigenvalue weighted by atomic mass is 16.5. The van der Waals surface area contributed by atoms with Gasteiger partial charge in [-0.15, -0.1) is 6.42 Å². The Morgan fingerprint density at radius 3 is 2.39 bits per heavy atom. The van der Waals surface area contributed by atoms with E-state index in [0.29, 0.717) is 11.1 Å². The molecule has 0 radical (unpaired) electrons. The van der Waals surface area contributed by atoms with Crippen molar-refractivity contribution in [3.63, 3.8) is 0 Å². The summed E-state index contributed by atoms with van der Waals surface area (Å²) in [5, 5.41) is 11.3. The van der Waals surface area contributed by atoms with E-state index < -0.39 is 17.6 Å². The van der Waals surface area contributed by atoms with Gasteiger partial charge in [0, 0.05) is 17.7 Å². The number of nitrogens with one attached hydrogen (secondary N) is 2. The molecule has 0 aromatic heterocycles. The second kappa shape index (κ2) is 8.32. The average Bonchev–Trinajstić information content (AvgIpc) is 2.50. The lowest BCUT2D eigenvalue weighted by molar-refractivity contribution is -0.135. The number of hydrogen-bond donors (Lipinski definition) is 3. The third-order valence-corrected chi connectivity index (χ3v) is 2.86. The number of hydroxylamine groups is 1. The van der Waals surface area contributed by atoms with Crippen LogP contribution in [0.5, 0.6) is 0 Å². The maximum absolute atomic E-state index is 12.1. The van der Waals surface area contributed by atoms with Gasteiger partial charge in [-0.2, -0.15) is 0 Å². The van der Waals surface area contributed by atoms with Crippen molar-refractivity contribution in [3.8, 4) is 12.3 Å². The van der Waals surface area contributed by atoms with Crippen LogP contribution in [0.3, 0.4) is 0 Å². The molecule has 0 aliphatic heterocycles. The first-order chi connectivity index (χ1) is 10.7. The fourth-order valence-electron chi connectivity index (χ4n) is 1.93. The standard InChI is InChI=1S/C17H22N2O4/c1-5-12-6-8-13(9-7-12)16(21)18-11-14(10-15(20)19-22)23-17(2,3)4/h1,6-9,14,22H,10-11H2,2-4H3,(H,18,21)(H,19,20). The summed E-state index contributed by atoms with van der Waals surface area (Å²) in [6.45, 7) is 5.67. The largest absolute Gasteiger partial charge is 0.370 e. The van der Waals surface area contributed by atoms with E-state index in [4.69, 9.17) is 16.4 Å². The molecule has 0 heterocycles. The van der Waals surface area contributed by atoms with Crippen molar-refractivity contribution in [3.05, 3.63) is 35.4 Å². The zero-order valence-electron chi connectivity index (χ0n) is 13.6. The smallest absolute Gasteiger partial charge is 0.251 e. The van der Waals surface area contributed by atoms with Crippen LogP contribution in [0.4, 0.5) is 0 Å². The number of hydrogen-bond acceptors (Lipinski definition) is 4. The summed E-state index contributed by atoms with van der Waals surface area (Å²) in [6.07, 6.45) is 4.64. The van der Waals surface area contributed by atoms with Crippen LogP contribution in [0.15, 0.2) is 24.3 Å². The van der Waals surface area contributed by atoms with Crippen molar-refractivity contribution < 1.29 is 19.5 Å². The minimum absolute atomic E-state index is 0.0654. The predicted octanol–water partition coefficient (Wildman–Crippen LogP) is 1.48. The average molecular weight is 318 g/mol. The molecule has 0 fully saturated rings.